The Morgan fingerprint density at radius 2 is 1.47 bits per heavy atom. The number of fused-ring (bicyclic) bond motifs is 1. The fourth-order valence-corrected chi connectivity index (χ4v) is 5.21. The predicted molar refractivity (Wildman–Crippen MR) is 175 cm³/mol. The second-order valence-electron chi connectivity index (χ2n) is 10.8. The van der Waals surface area contributed by atoms with E-state index in [1.165, 1.54) is 11.6 Å². The molecule has 6 rings (SSSR count). The summed E-state index contributed by atoms with van der Waals surface area (Å²) in [6.45, 7) is 4.72. The van der Waals surface area contributed by atoms with E-state index in [1.54, 1.807) is 36.4 Å². The molecule has 0 bridgehead atoms. The number of rotatable bonds is 8. The predicted octanol–water partition coefficient (Wildman–Crippen LogP) is 7.93. The molecule has 0 unspecified atom stereocenters. The number of nitrogens with one attached hydrogen (secondary N) is 1. The number of benzene rings is 5. The summed E-state index contributed by atoms with van der Waals surface area (Å²) in [5.74, 6) is -0.471. The van der Waals surface area contributed by atoms with Gasteiger partial charge in [-0.3, -0.25) is 14.9 Å². The third-order valence-electron chi connectivity index (χ3n) is 7.70. The molecule has 5 aromatic rings. The molecule has 4 amide bonds. The fraction of sp³-hybridized carbons (Fsp3) is 0.108. The van der Waals surface area contributed by atoms with E-state index < -0.39 is 17.8 Å². The molecule has 1 N–H and O–H groups in total. The van der Waals surface area contributed by atoms with E-state index in [2.05, 4.69) is 18.3 Å². The molecule has 7 nitrogen and oxygen atoms in total. The lowest BCUT2D eigenvalue weighted by Crippen LogP contribution is -2.54. The molecule has 5 aromatic carbocycles. The van der Waals surface area contributed by atoms with Crippen molar-refractivity contribution in [1.29, 1.82) is 0 Å². The van der Waals surface area contributed by atoms with Crippen molar-refractivity contribution in [3.8, 4) is 11.5 Å². The van der Waals surface area contributed by atoms with Crippen LogP contribution in [0, 0.1) is 13.8 Å². The van der Waals surface area contributed by atoms with Crippen LogP contribution < -0.4 is 19.7 Å². The molecule has 1 aliphatic rings. The lowest BCUT2D eigenvalue weighted by molar-refractivity contribution is -0.122. The number of carbonyl (C=O) groups excluding carboxylic acids is 3. The van der Waals surface area contributed by atoms with Crippen LogP contribution in [0.4, 0.5) is 10.5 Å². The summed E-state index contributed by atoms with van der Waals surface area (Å²) in [6.07, 6.45) is 1.50. The van der Waals surface area contributed by atoms with Gasteiger partial charge in [-0.05, 0) is 95.4 Å². The minimum absolute atomic E-state index is 0.190. The monoisotopic (exact) mass is 616 g/mol. The Bertz CT molecular complexity index is 1970. The molecule has 1 fully saturated rings. The SMILES string of the molecule is Cc1ccc(COc2ccc3ccccc3c2/C=C2\C(=O)NC(=O)N(c3ccc(OCc4ccc(Cl)cc4)cc3)C2=O)cc1C. The maximum Gasteiger partial charge on any atom is 0.335 e. The van der Waals surface area contributed by atoms with Gasteiger partial charge in [0.25, 0.3) is 11.8 Å². The maximum absolute atomic E-state index is 13.8. The van der Waals surface area contributed by atoms with Gasteiger partial charge in [0.05, 0.1) is 5.69 Å². The van der Waals surface area contributed by atoms with Crippen molar-refractivity contribution < 1.29 is 23.9 Å². The maximum atomic E-state index is 13.8. The van der Waals surface area contributed by atoms with Crippen LogP contribution in [-0.2, 0) is 22.8 Å². The van der Waals surface area contributed by atoms with E-state index in [0.29, 0.717) is 41.0 Å². The van der Waals surface area contributed by atoms with E-state index in [9.17, 15) is 14.4 Å². The van der Waals surface area contributed by atoms with E-state index in [0.717, 1.165) is 32.4 Å². The van der Waals surface area contributed by atoms with E-state index in [-0.39, 0.29) is 5.57 Å². The highest BCUT2D eigenvalue weighted by atomic mass is 35.5. The van der Waals surface area contributed by atoms with Crippen LogP contribution >= 0.6 is 11.6 Å². The van der Waals surface area contributed by atoms with Gasteiger partial charge in [-0.2, -0.15) is 0 Å². The van der Waals surface area contributed by atoms with Crippen molar-refractivity contribution in [2.24, 2.45) is 0 Å². The van der Waals surface area contributed by atoms with Crippen molar-refractivity contribution in [2.45, 2.75) is 27.1 Å². The molecule has 0 atom stereocenters. The Morgan fingerprint density at radius 3 is 2.22 bits per heavy atom. The zero-order valence-corrected chi connectivity index (χ0v) is 25.4. The Balaban J connectivity index is 1.29. The van der Waals surface area contributed by atoms with Gasteiger partial charge < -0.3 is 9.47 Å². The molecular formula is C37H29ClN2O5. The van der Waals surface area contributed by atoms with Crippen LogP contribution in [0.25, 0.3) is 16.8 Å². The molecule has 0 aromatic heterocycles. The molecular weight excluding hydrogens is 588 g/mol. The van der Waals surface area contributed by atoms with Crippen molar-refractivity contribution in [2.75, 3.05) is 4.90 Å². The summed E-state index contributed by atoms with van der Waals surface area (Å²) in [5.41, 5.74) is 4.95. The number of amides is 4. The third kappa shape index (κ3) is 6.44. The number of barbiturate groups is 1. The normalized spacial score (nSPS) is 14.2. The number of ether oxygens (including phenoxy) is 2. The lowest BCUT2D eigenvalue weighted by Gasteiger charge is -2.26. The van der Waals surface area contributed by atoms with Gasteiger partial charge >= 0.3 is 6.03 Å². The Labute approximate surface area is 265 Å². The first-order chi connectivity index (χ1) is 21.8. The second-order valence-corrected chi connectivity index (χ2v) is 11.2. The molecule has 0 aliphatic carbocycles. The fourth-order valence-electron chi connectivity index (χ4n) is 5.08. The summed E-state index contributed by atoms with van der Waals surface area (Å²) in [6, 6.07) is 30.5. The highest BCUT2D eigenvalue weighted by Gasteiger charge is 2.37. The third-order valence-corrected chi connectivity index (χ3v) is 7.95. The van der Waals surface area contributed by atoms with E-state index in [1.807, 2.05) is 67.6 Å². The average molecular weight is 617 g/mol. The van der Waals surface area contributed by atoms with Crippen LogP contribution in [0.1, 0.15) is 27.8 Å². The Hall–Kier alpha value is -5.40. The first kappa shape index (κ1) is 29.7. The van der Waals surface area contributed by atoms with Crippen molar-refractivity contribution in [3.63, 3.8) is 0 Å². The summed E-state index contributed by atoms with van der Waals surface area (Å²) in [4.78, 5) is 40.7. The molecule has 8 heteroatoms. The zero-order valence-electron chi connectivity index (χ0n) is 24.7. The standard InChI is InChI=1S/C37H29ClN2O5/c1-23-7-8-26(19-24(23)2)22-45-34-18-11-27-5-3-4-6-31(27)32(34)20-33-35(41)39-37(43)40(36(33)42)29-14-16-30(17-15-29)44-21-25-9-12-28(38)13-10-25/h3-20H,21-22H2,1-2H3,(H,39,41,43)/b33-20+. The summed E-state index contributed by atoms with van der Waals surface area (Å²) in [5, 5.41) is 4.66. The first-order valence-electron chi connectivity index (χ1n) is 14.4. The summed E-state index contributed by atoms with van der Waals surface area (Å²) < 4.78 is 12.1. The summed E-state index contributed by atoms with van der Waals surface area (Å²) >= 11 is 5.95. The number of hydrogen-bond acceptors (Lipinski definition) is 5. The minimum Gasteiger partial charge on any atom is -0.489 e. The van der Waals surface area contributed by atoms with Crippen molar-refractivity contribution in [1.82, 2.24) is 5.32 Å². The highest BCUT2D eigenvalue weighted by Crippen LogP contribution is 2.33. The minimum atomic E-state index is -0.832. The van der Waals surface area contributed by atoms with Crippen molar-refractivity contribution in [3.05, 3.63) is 142 Å². The van der Waals surface area contributed by atoms with Gasteiger partial charge in [-0.1, -0.05) is 72.3 Å². The number of anilines is 1. The number of carbonyl (C=O) groups is 3. The smallest absolute Gasteiger partial charge is 0.335 e. The topological polar surface area (TPSA) is 84.9 Å². The van der Waals surface area contributed by atoms with Gasteiger partial charge in [0.15, 0.2) is 0 Å². The molecule has 0 radical (unpaired) electrons. The van der Waals surface area contributed by atoms with E-state index in [4.69, 9.17) is 21.1 Å². The van der Waals surface area contributed by atoms with E-state index >= 15 is 0 Å². The molecule has 0 saturated carbocycles. The van der Waals surface area contributed by atoms with Gasteiger partial charge in [0, 0.05) is 10.6 Å². The van der Waals surface area contributed by atoms with Crippen LogP contribution in [0.2, 0.25) is 5.02 Å². The first-order valence-corrected chi connectivity index (χ1v) is 14.7. The van der Waals surface area contributed by atoms with Crippen LogP contribution in [0.5, 0.6) is 11.5 Å². The number of urea groups is 1. The molecule has 224 valence electrons. The number of hydrogen-bond donors (Lipinski definition) is 1. The quantitative estimate of drug-likeness (QED) is 0.141. The lowest BCUT2D eigenvalue weighted by atomic mass is 9.99. The number of halogens is 1. The molecule has 1 saturated heterocycles. The second kappa shape index (κ2) is 12.7. The van der Waals surface area contributed by atoms with Crippen LogP contribution in [0.15, 0.2) is 109 Å². The van der Waals surface area contributed by atoms with Gasteiger partial charge in [-0.25, -0.2) is 9.69 Å². The average Bonchev–Trinajstić information content (AvgIpc) is 3.04. The Morgan fingerprint density at radius 1 is 0.756 bits per heavy atom. The van der Waals surface area contributed by atoms with Crippen LogP contribution in [0.3, 0.4) is 0 Å². The molecule has 1 aliphatic heterocycles. The largest absolute Gasteiger partial charge is 0.489 e. The van der Waals surface area contributed by atoms with Crippen molar-refractivity contribution >= 4 is 52.0 Å². The summed E-state index contributed by atoms with van der Waals surface area (Å²) in [7, 11) is 0. The van der Waals surface area contributed by atoms with Gasteiger partial charge in [0.2, 0.25) is 0 Å². The molecule has 1 heterocycles. The number of nitrogens with zero attached hydrogens (tertiary/aromatic N) is 1. The number of imide groups is 2. The Kier molecular flexibility index (Phi) is 8.36. The van der Waals surface area contributed by atoms with Crippen LogP contribution in [-0.4, -0.2) is 17.8 Å². The van der Waals surface area contributed by atoms with Gasteiger partial charge in [-0.15, -0.1) is 0 Å². The number of aryl methyl sites for hydroxylation is 2. The molecule has 45 heavy (non-hydrogen) atoms. The molecule has 0 spiro atoms. The highest BCUT2D eigenvalue weighted by molar-refractivity contribution is 6.39. The van der Waals surface area contributed by atoms with Gasteiger partial charge in [0.1, 0.15) is 30.3 Å². The zero-order chi connectivity index (χ0) is 31.5.